The van der Waals surface area contributed by atoms with Crippen LogP contribution in [0.25, 0.3) is 5.69 Å². The fourth-order valence-electron chi connectivity index (χ4n) is 2.83. The zero-order chi connectivity index (χ0) is 22.8. The van der Waals surface area contributed by atoms with Gasteiger partial charge in [0.05, 0.1) is 18.8 Å². The second-order valence-electron chi connectivity index (χ2n) is 6.98. The quantitative estimate of drug-likeness (QED) is 0.388. The summed E-state index contributed by atoms with van der Waals surface area (Å²) in [6.07, 6.45) is -1.19. The lowest BCUT2D eigenvalue weighted by Crippen LogP contribution is -2.36. The molecule has 0 saturated carbocycles. The van der Waals surface area contributed by atoms with Crippen LogP contribution in [-0.4, -0.2) is 40.1 Å². The van der Waals surface area contributed by atoms with Gasteiger partial charge in [-0.2, -0.15) is 18.3 Å². The number of aliphatic imine (C=N–C) groups is 1. The molecule has 0 spiro atoms. The van der Waals surface area contributed by atoms with Gasteiger partial charge in [0.2, 0.25) is 0 Å². The zero-order valence-electron chi connectivity index (χ0n) is 17.6. The molecule has 0 aliphatic rings. The van der Waals surface area contributed by atoms with Crippen molar-refractivity contribution in [3.05, 3.63) is 77.9 Å². The highest BCUT2D eigenvalue weighted by atomic mass is 19.4. The molecule has 0 bridgehead atoms. The molecule has 170 valence electrons. The summed E-state index contributed by atoms with van der Waals surface area (Å²) in [6.45, 7) is 2.41. The number of hydrogen-bond donors (Lipinski definition) is 2. The van der Waals surface area contributed by atoms with Crippen molar-refractivity contribution in [3.63, 3.8) is 0 Å². The number of benzene rings is 2. The van der Waals surface area contributed by atoms with Crippen LogP contribution in [0.5, 0.6) is 0 Å². The number of nitrogens with one attached hydrogen (secondary N) is 2. The maximum Gasteiger partial charge on any atom is 0.411 e. The summed E-state index contributed by atoms with van der Waals surface area (Å²) in [6, 6.07) is 15.1. The minimum absolute atomic E-state index is 0.0764. The Morgan fingerprint density at radius 1 is 1.00 bits per heavy atom. The molecule has 2 aromatic carbocycles. The number of halogens is 3. The Kier molecular flexibility index (Phi) is 8.20. The smallest absolute Gasteiger partial charge is 0.367 e. The number of guanidine groups is 1. The maximum absolute atomic E-state index is 12.2. The molecule has 1 aromatic heterocycles. The highest BCUT2D eigenvalue weighted by molar-refractivity contribution is 5.79. The normalized spacial score (nSPS) is 12.1. The van der Waals surface area contributed by atoms with Gasteiger partial charge in [-0.05, 0) is 35.7 Å². The lowest BCUT2D eigenvalue weighted by atomic mass is 10.1. The first-order valence-corrected chi connectivity index (χ1v) is 10.1. The first-order valence-electron chi connectivity index (χ1n) is 10.1. The third kappa shape index (κ3) is 7.69. The number of nitrogens with zero attached hydrogens (tertiary/aromatic N) is 4. The summed E-state index contributed by atoms with van der Waals surface area (Å²) < 4.78 is 42.8. The minimum Gasteiger partial charge on any atom is -0.367 e. The van der Waals surface area contributed by atoms with Gasteiger partial charge in [0.1, 0.15) is 19.3 Å². The largest absolute Gasteiger partial charge is 0.411 e. The Hall–Kier alpha value is -3.40. The first-order chi connectivity index (χ1) is 15.4. The van der Waals surface area contributed by atoms with Gasteiger partial charge in [0.15, 0.2) is 5.96 Å². The van der Waals surface area contributed by atoms with E-state index in [-0.39, 0.29) is 6.61 Å². The first kappa shape index (κ1) is 23.3. The van der Waals surface area contributed by atoms with Crippen LogP contribution in [0.3, 0.4) is 0 Å². The molecule has 0 saturated heterocycles. The van der Waals surface area contributed by atoms with Crippen LogP contribution in [0.2, 0.25) is 0 Å². The zero-order valence-corrected chi connectivity index (χ0v) is 17.6. The van der Waals surface area contributed by atoms with E-state index in [1.807, 2.05) is 43.3 Å². The summed E-state index contributed by atoms with van der Waals surface area (Å²) >= 11 is 0. The molecule has 1 heterocycles. The standard InChI is InChI=1S/C22H25F3N6O/c1-2-27-21(29-12-18-7-9-20(10-8-18)31-16-26-15-30-31)28-11-17-3-5-19(6-4-17)13-32-14-22(23,24)25/h3-10,15-16H,2,11-14H2,1H3,(H2,27,28,29). The van der Waals surface area contributed by atoms with Gasteiger partial charge in [-0.3, -0.25) is 0 Å². The van der Waals surface area contributed by atoms with Crippen molar-refractivity contribution in [1.29, 1.82) is 0 Å². The minimum atomic E-state index is -4.31. The van der Waals surface area contributed by atoms with E-state index in [2.05, 4.69) is 30.4 Å². The average Bonchev–Trinajstić information content (AvgIpc) is 3.31. The van der Waals surface area contributed by atoms with Gasteiger partial charge in [-0.25, -0.2) is 14.7 Å². The molecule has 0 aliphatic carbocycles. The molecule has 2 N–H and O–H groups in total. The van der Waals surface area contributed by atoms with E-state index in [4.69, 9.17) is 0 Å². The fourth-order valence-corrected chi connectivity index (χ4v) is 2.83. The molecule has 10 heteroatoms. The number of aromatic nitrogens is 3. The fraction of sp³-hybridized carbons (Fsp3) is 0.318. The Balaban J connectivity index is 1.50. The van der Waals surface area contributed by atoms with Crippen molar-refractivity contribution in [2.45, 2.75) is 32.8 Å². The summed E-state index contributed by atoms with van der Waals surface area (Å²) in [5, 5.41) is 10.6. The Labute approximate surface area is 184 Å². The summed E-state index contributed by atoms with van der Waals surface area (Å²) in [7, 11) is 0. The summed E-state index contributed by atoms with van der Waals surface area (Å²) in [5.74, 6) is 0.672. The molecule has 0 atom stereocenters. The molecular weight excluding hydrogens is 421 g/mol. The van der Waals surface area contributed by atoms with Crippen molar-refractivity contribution in [2.24, 2.45) is 4.99 Å². The third-order valence-electron chi connectivity index (χ3n) is 4.40. The monoisotopic (exact) mass is 446 g/mol. The van der Waals surface area contributed by atoms with Crippen LogP contribution < -0.4 is 10.6 Å². The number of hydrogen-bond acceptors (Lipinski definition) is 4. The van der Waals surface area contributed by atoms with Gasteiger partial charge in [0.25, 0.3) is 0 Å². The Bertz CT molecular complexity index is 970. The number of alkyl halides is 3. The van der Waals surface area contributed by atoms with Crippen LogP contribution in [-0.2, 0) is 24.4 Å². The van der Waals surface area contributed by atoms with Gasteiger partial charge in [-0.15, -0.1) is 0 Å². The molecule has 0 aliphatic heterocycles. The molecule has 0 amide bonds. The molecule has 32 heavy (non-hydrogen) atoms. The van der Waals surface area contributed by atoms with Crippen molar-refractivity contribution in [3.8, 4) is 5.69 Å². The lowest BCUT2D eigenvalue weighted by molar-refractivity contribution is -0.176. The lowest BCUT2D eigenvalue weighted by Gasteiger charge is -2.12. The number of ether oxygens (including phenoxy) is 1. The predicted molar refractivity (Wildman–Crippen MR) is 115 cm³/mol. The maximum atomic E-state index is 12.2. The van der Waals surface area contributed by atoms with E-state index in [9.17, 15) is 13.2 Å². The van der Waals surface area contributed by atoms with Gasteiger partial charge in [0, 0.05) is 13.1 Å². The molecule has 3 aromatic rings. The van der Waals surface area contributed by atoms with Crippen LogP contribution in [0, 0.1) is 0 Å². The average molecular weight is 446 g/mol. The van der Waals surface area contributed by atoms with Crippen molar-refractivity contribution >= 4 is 5.96 Å². The summed E-state index contributed by atoms with van der Waals surface area (Å²) in [4.78, 5) is 8.54. The van der Waals surface area contributed by atoms with Crippen LogP contribution >= 0.6 is 0 Å². The van der Waals surface area contributed by atoms with E-state index in [0.717, 1.165) is 16.8 Å². The van der Waals surface area contributed by atoms with E-state index in [1.54, 1.807) is 23.1 Å². The van der Waals surface area contributed by atoms with Crippen molar-refractivity contribution in [1.82, 2.24) is 25.4 Å². The molecule has 7 nitrogen and oxygen atoms in total. The van der Waals surface area contributed by atoms with E-state index < -0.39 is 12.8 Å². The van der Waals surface area contributed by atoms with Crippen LogP contribution in [0.1, 0.15) is 23.6 Å². The summed E-state index contributed by atoms with van der Waals surface area (Å²) in [5.41, 5.74) is 3.64. The molecule has 0 radical (unpaired) electrons. The van der Waals surface area contributed by atoms with Crippen LogP contribution in [0.15, 0.2) is 66.2 Å². The number of rotatable bonds is 9. The highest BCUT2D eigenvalue weighted by Crippen LogP contribution is 2.16. The predicted octanol–water partition coefficient (Wildman–Crippen LogP) is 3.60. The Morgan fingerprint density at radius 3 is 2.31 bits per heavy atom. The Morgan fingerprint density at radius 2 is 1.69 bits per heavy atom. The highest BCUT2D eigenvalue weighted by Gasteiger charge is 2.27. The topological polar surface area (TPSA) is 76.4 Å². The van der Waals surface area contributed by atoms with Gasteiger partial charge >= 0.3 is 6.18 Å². The van der Waals surface area contributed by atoms with Crippen LogP contribution in [0.4, 0.5) is 13.2 Å². The third-order valence-corrected chi connectivity index (χ3v) is 4.40. The van der Waals surface area contributed by atoms with Crippen molar-refractivity contribution in [2.75, 3.05) is 13.2 Å². The van der Waals surface area contributed by atoms with Crippen molar-refractivity contribution < 1.29 is 17.9 Å². The molecule has 0 fully saturated rings. The van der Waals surface area contributed by atoms with E-state index >= 15 is 0 Å². The molecule has 3 rings (SSSR count). The molecule has 0 unspecified atom stereocenters. The molecular formula is C22H25F3N6O. The van der Waals surface area contributed by atoms with Gasteiger partial charge in [-0.1, -0.05) is 36.4 Å². The second kappa shape index (κ2) is 11.3. The van der Waals surface area contributed by atoms with E-state index in [1.165, 1.54) is 6.33 Å². The SMILES string of the molecule is CCNC(=NCc1ccc(-n2cncn2)cc1)NCc1ccc(COCC(F)(F)F)cc1. The second-order valence-corrected chi connectivity index (χ2v) is 6.98. The van der Waals surface area contributed by atoms with E-state index in [0.29, 0.717) is 31.2 Å². The van der Waals surface area contributed by atoms with Gasteiger partial charge < -0.3 is 15.4 Å².